The van der Waals surface area contributed by atoms with Crippen molar-refractivity contribution in [1.82, 2.24) is 0 Å². The number of morpholine rings is 1. The molecule has 2 rings (SSSR count). The number of ether oxygens (including phenoxy) is 1. The van der Waals surface area contributed by atoms with Gasteiger partial charge in [0.15, 0.2) is 0 Å². The number of anilines is 1. The van der Waals surface area contributed by atoms with E-state index in [2.05, 4.69) is 20.8 Å². The van der Waals surface area contributed by atoms with E-state index in [1.807, 2.05) is 19.1 Å². The van der Waals surface area contributed by atoms with E-state index in [1.165, 1.54) is 0 Å². The van der Waals surface area contributed by atoms with Gasteiger partial charge in [0.1, 0.15) is 0 Å². The van der Waals surface area contributed by atoms with Crippen LogP contribution in [0.4, 0.5) is 5.69 Å². The number of carboxylic acids is 1. The van der Waals surface area contributed by atoms with Gasteiger partial charge in [-0.25, -0.2) is 4.79 Å². The Kier molecular flexibility index (Phi) is 3.69. The van der Waals surface area contributed by atoms with Gasteiger partial charge in [0, 0.05) is 17.6 Å². The number of hydrogen-bond donors (Lipinski definition) is 1. The highest BCUT2D eigenvalue weighted by Crippen LogP contribution is 2.26. The van der Waals surface area contributed by atoms with Crippen LogP contribution in [0.1, 0.15) is 17.3 Å². The summed E-state index contributed by atoms with van der Waals surface area (Å²) in [7, 11) is 0. The van der Waals surface area contributed by atoms with Crippen LogP contribution < -0.4 is 4.90 Å². The lowest BCUT2D eigenvalue weighted by atomic mass is 10.1. The van der Waals surface area contributed by atoms with Gasteiger partial charge in [-0.2, -0.15) is 0 Å². The Hall–Kier alpha value is -1.07. The Morgan fingerprint density at radius 1 is 1.59 bits per heavy atom. The molecule has 0 amide bonds. The van der Waals surface area contributed by atoms with E-state index in [1.54, 1.807) is 6.07 Å². The lowest BCUT2D eigenvalue weighted by molar-refractivity contribution is 0.0528. The van der Waals surface area contributed by atoms with Gasteiger partial charge in [0.25, 0.3) is 0 Å². The summed E-state index contributed by atoms with van der Waals surface area (Å²) in [5.41, 5.74) is 1.09. The van der Waals surface area contributed by atoms with Crippen molar-refractivity contribution < 1.29 is 14.6 Å². The van der Waals surface area contributed by atoms with Gasteiger partial charge in [0.2, 0.25) is 0 Å². The first kappa shape index (κ1) is 12.4. The first-order valence-corrected chi connectivity index (χ1v) is 6.26. The summed E-state index contributed by atoms with van der Waals surface area (Å²) in [6, 6.07) is 5.34. The molecule has 1 fully saturated rings. The van der Waals surface area contributed by atoms with Gasteiger partial charge >= 0.3 is 5.97 Å². The van der Waals surface area contributed by atoms with Gasteiger partial charge in [-0.3, -0.25) is 0 Å². The molecule has 0 aliphatic carbocycles. The predicted molar refractivity (Wildman–Crippen MR) is 68.7 cm³/mol. The van der Waals surface area contributed by atoms with Crippen LogP contribution in [-0.2, 0) is 4.74 Å². The van der Waals surface area contributed by atoms with E-state index in [9.17, 15) is 9.90 Å². The molecule has 0 bridgehead atoms. The number of rotatable bonds is 2. The largest absolute Gasteiger partial charge is 0.478 e. The Labute approximate surface area is 108 Å². The molecule has 0 saturated carbocycles. The molecule has 17 heavy (non-hydrogen) atoms. The Bertz CT molecular complexity index is 436. The van der Waals surface area contributed by atoms with Crippen molar-refractivity contribution in [2.45, 2.75) is 13.0 Å². The fourth-order valence-electron chi connectivity index (χ4n) is 1.99. The first-order valence-electron chi connectivity index (χ1n) is 5.47. The SMILES string of the molecule is CC1CN(c2ccc(Br)cc2C(=O)O)CCO1. The number of aromatic carboxylic acids is 1. The highest BCUT2D eigenvalue weighted by atomic mass is 79.9. The minimum atomic E-state index is -0.902. The smallest absolute Gasteiger partial charge is 0.337 e. The molecule has 92 valence electrons. The highest BCUT2D eigenvalue weighted by Gasteiger charge is 2.21. The van der Waals surface area contributed by atoms with Crippen molar-refractivity contribution in [2.75, 3.05) is 24.6 Å². The minimum absolute atomic E-state index is 0.133. The molecule has 1 saturated heterocycles. The minimum Gasteiger partial charge on any atom is -0.478 e. The second-order valence-electron chi connectivity index (χ2n) is 4.09. The average molecular weight is 300 g/mol. The molecule has 1 N–H and O–H groups in total. The molecular formula is C12H14BrNO3. The van der Waals surface area contributed by atoms with E-state index in [4.69, 9.17) is 4.74 Å². The zero-order valence-corrected chi connectivity index (χ0v) is 11.1. The molecule has 5 heteroatoms. The predicted octanol–water partition coefficient (Wildman–Crippen LogP) is 2.37. The summed E-state index contributed by atoms with van der Waals surface area (Å²) < 4.78 is 6.23. The fraction of sp³-hybridized carbons (Fsp3) is 0.417. The maximum Gasteiger partial charge on any atom is 0.337 e. The average Bonchev–Trinajstić information content (AvgIpc) is 2.28. The molecule has 1 aromatic carbocycles. The topological polar surface area (TPSA) is 49.8 Å². The van der Waals surface area contributed by atoms with Gasteiger partial charge < -0.3 is 14.7 Å². The van der Waals surface area contributed by atoms with E-state index in [-0.39, 0.29) is 6.10 Å². The number of carboxylic acid groups (broad SMARTS) is 1. The molecular weight excluding hydrogens is 286 g/mol. The van der Waals surface area contributed by atoms with E-state index in [0.717, 1.165) is 23.2 Å². The summed E-state index contributed by atoms with van der Waals surface area (Å²) in [5, 5.41) is 9.21. The number of nitrogens with zero attached hydrogens (tertiary/aromatic N) is 1. The lowest BCUT2D eigenvalue weighted by Crippen LogP contribution is -2.41. The third-order valence-electron chi connectivity index (χ3n) is 2.77. The van der Waals surface area contributed by atoms with Crippen molar-refractivity contribution in [3.8, 4) is 0 Å². The Morgan fingerprint density at radius 2 is 2.35 bits per heavy atom. The summed E-state index contributed by atoms with van der Waals surface area (Å²) in [6.07, 6.45) is 0.133. The van der Waals surface area contributed by atoms with Crippen molar-refractivity contribution >= 4 is 27.6 Å². The van der Waals surface area contributed by atoms with Crippen molar-refractivity contribution in [2.24, 2.45) is 0 Å². The molecule has 1 aromatic rings. The molecule has 1 aliphatic rings. The molecule has 1 heterocycles. The van der Waals surface area contributed by atoms with Crippen molar-refractivity contribution in [3.05, 3.63) is 28.2 Å². The Balaban J connectivity index is 2.33. The molecule has 1 aliphatic heterocycles. The normalized spacial score (nSPS) is 20.4. The van der Waals surface area contributed by atoms with Crippen LogP contribution in [0.5, 0.6) is 0 Å². The summed E-state index contributed by atoms with van der Waals surface area (Å²) in [6.45, 7) is 4.08. The molecule has 4 nitrogen and oxygen atoms in total. The Morgan fingerprint density at radius 3 is 3.00 bits per heavy atom. The third kappa shape index (κ3) is 2.79. The highest BCUT2D eigenvalue weighted by molar-refractivity contribution is 9.10. The second kappa shape index (κ2) is 5.06. The zero-order valence-electron chi connectivity index (χ0n) is 9.52. The van der Waals surface area contributed by atoms with E-state index in [0.29, 0.717) is 12.2 Å². The maximum absolute atomic E-state index is 11.2. The van der Waals surface area contributed by atoms with Crippen LogP contribution in [0, 0.1) is 0 Å². The fourth-order valence-corrected chi connectivity index (χ4v) is 2.35. The summed E-state index contributed by atoms with van der Waals surface area (Å²) in [4.78, 5) is 13.3. The molecule has 1 atom stereocenters. The second-order valence-corrected chi connectivity index (χ2v) is 5.01. The maximum atomic E-state index is 11.2. The first-order chi connectivity index (χ1) is 8.08. The summed E-state index contributed by atoms with van der Waals surface area (Å²) >= 11 is 3.29. The van der Waals surface area contributed by atoms with Crippen LogP contribution >= 0.6 is 15.9 Å². The van der Waals surface area contributed by atoms with Crippen LogP contribution in [0.15, 0.2) is 22.7 Å². The van der Waals surface area contributed by atoms with Gasteiger partial charge in [-0.05, 0) is 25.1 Å². The summed E-state index contributed by atoms with van der Waals surface area (Å²) in [5.74, 6) is -0.902. The number of benzene rings is 1. The van der Waals surface area contributed by atoms with Gasteiger partial charge in [-0.15, -0.1) is 0 Å². The lowest BCUT2D eigenvalue weighted by Gasteiger charge is -2.33. The standard InChI is InChI=1S/C12H14BrNO3/c1-8-7-14(4-5-17-8)11-3-2-9(13)6-10(11)12(15)16/h2-3,6,8H,4-5,7H2,1H3,(H,15,16). The van der Waals surface area contributed by atoms with Crippen LogP contribution in [0.2, 0.25) is 0 Å². The number of halogens is 1. The molecule has 0 spiro atoms. The van der Waals surface area contributed by atoms with Gasteiger partial charge in [-0.1, -0.05) is 15.9 Å². The number of hydrogen-bond acceptors (Lipinski definition) is 3. The number of carbonyl (C=O) groups is 1. The van der Waals surface area contributed by atoms with Crippen LogP contribution in [0.3, 0.4) is 0 Å². The quantitative estimate of drug-likeness (QED) is 0.911. The zero-order chi connectivity index (χ0) is 12.4. The van der Waals surface area contributed by atoms with Gasteiger partial charge in [0.05, 0.1) is 24.0 Å². The third-order valence-corrected chi connectivity index (χ3v) is 3.26. The molecule has 1 unspecified atom stereocenters. The van der Waals surface area contributed by atoms with Crippen LogP contribution in [-0.4, -0.2) is 36.9 Å². The van der Waals surface area contributed by atoms with Crippen molar-refractivity contribution in [3.63, 3.8) is 0 Å². The molecule has 0 radical (unpaired) electrons. The van der Waals surface area contributed by atoms with Crippen LogP contribution in [0.25, 0.3) is 0 Å². The monoisotopic (exact) mass is 299 g/mol. The van der Waals surface area contributed by atoms with E-state index >= 15 is 0 Å². The van der Waals surface area contributed by atoms with E-state index < -0.39 is 5.97 Å². The molecule has 0 aromatic heterocycles. The van der Waals surface area contributed by atoms with Crippen molar-refractivity contribution in [1.29, 1.82) is 0 Å².